The first-order valence-corrected chi connectivity index (χ1v) is 7.08. The number of carbonyl (C=O) groups is 1. The predicted molar refractivity (Wildman–Crippen MR) is 72.3 cm³/mol. The number of carbonyl (C=O) groups excluding carboxylic acids is 1. The highest BCUT2D eigenvalue weighted by atomic mass is 16.1. The van der Waals surface area contributed by atoms with Crippen LogP contribution < -0.4 is 11.1 Å². The maximum absolute atomic E-state index is 11.9. The fourth-order valence-electron chi connectivity index (χ4n) is 2.65. The van der Waals surface area contributed by atoms with E-state index in [1.54, 1.807) is 0 Å². The first kappa shape index (κ1) is 14.0. The Kier molecular flexibility index (Phi) is 4.90. The van der Waals surface area contributed by atoms with Crippen molar-refractivity contribution in [1.82, 2.24) is 20.5 Å². The van der Waals surface area contributed by atoms with Crippen LogP contribution in [0.1, 0.15) is 50.8 Å². The normalized spacial score (nSPS) is 18.2. The number of aryl methyl sites for hydroxylation is 1. The lowest BCUT2D eigenvalue weighted by Gasteiger charge is -2.32. The van der Waals surface area contributed by atoms with E-state index in [2.05, 4.69) is 20.5 Å². The Balaban J connectivity index is 1.61. The van der Waals surface area contributed by atoms with Crippen LogP contribution in [0.2, 0.25) is 0 Å². The number of H-pyrrole nitrogens is 1. The van der Waals surface area contributed by atoms with Crippen molar-refractivity contribution in [2.45, 2.75) is 56.9 Å². The Hall–Kier alpha value is -1.43. The van der Waals surface area contributed by atoms with Crippen LogP contribution in [0.25, 0.3) is 0 Å². The van der Waals surface area contributed by atoms with Crippen LogP contribution in [-0.2, 0) is 11.2 Å². The van der Waals surface area contributed by atoms with E-state index in [0.29, 0.717) is 13.0 Å². The van der Waals surface area contributed by atoms with E-state index in [0.717, 1.165) is 44.3 Å². The molecule has 4 N–H and O–H groups in total. The average molecular weight is 265 g/mol. The summed E-state index contributed by atoms with van der Waals surface area (Å²) >= 11 is 0. The Morgan fingerprint density at radius 1 is 1.42 bits per heavy atom. The quantitative estimate of drug-likeness (QED) is 0.666. The molecule has 0 saturated heterocycles. The zero-order valence-corrected chi connectivity index (χ0v) is 11.3. The van der Waals surface area contributed by atoms with Gasteiger partial charge in [-0.15, -0.1) is 0 Å². The third-order valence-corrected chi connectivity index (χ3v) is 3.74. The minimum Gasteiger partial charge on any atom is -0.356 e. The average Bonchev–Trinajstić information content (AvgIpc) is 2.88. The molecule has 1 heterocycles. The highest BCUT2D eigenvalue weighted by Crippen LogP contribution is 2.28. The van der Waals surface area contributed by atoms with Gasteiger partial charge >= 0.3 is 0 Å². The van der Waals surface area contributed by atoms with Gasteiger partial charge in [0.2, 0.25) is 5.91 Å². The first-order chi connectivity index (χ1) is 9.18. The number of hydrogen-bond acceptors (Lipinski definition) is 4. The molecule has 19 heavy (non-hydrogen) atoms. The highest BCUT2D eigenvalue weighted by Gasteiger charge is 2.29. The monoisotopic (exact) mass is 265 g/mol. The van der Waals surface area contributed by atoms with Gasteiger partial charge in [-0.25, -0.2) is 4.98 Å². The lowest BCUT2D eigenvalue weighted by Crippen LogP contribution is -2.46. The molecule has 0 radical (unpaired) electrons. The third kappa shape index (κ3) is 4.63. The van der Waals surface area contributed by atoms with Gasteiger partial charge in [-0.2, -0.15) is 5.10 Å². The van der Waals surface area contributed by atoms with Gasteiger partial charge in [0.1, 0.15) is 12.2 Å². The molecule has 2 rings (SSSR count). The number of nitrogens with two attached hydrogens (primary N) is 1. The van der Waals surface area contributed by atoms with Crippen molar-refractivity contribution in [3.63, 3.8) is 0 Å². The molecule has 1 aliphatic rings. The SMILES string of the molecule is NC1(CC(=O)NCCCc2ncn[nH]2)CCCCC1. The third-order valence-electron chi connectivity index (χ3n) is 3.74. The summed E-state index contributed by atoms with van der Waals surface area (Å²) < 4.78 is 0. The molecule has 6 nitrogen and oxygen atoms in total. The largest absolute Gasteiger partial charge is 0.356 e. The van der Waals surface area contributed by atoms with E-state index in [1.807, 2.05) is 0 Å². The zero-order valence-electron chi connectivity index (χ0n) is 11.3. The van der Waals surface area contributed by atoms with Crippen LogP contribution in [0, 0.1) is 0 Å². The second-order valence-electron chi connectivity index (χ2n) is 5.49. The van der Waals surface area contributed by atoms with E-state index in [1.165, 1.54) is 12.7 Å². The highest BCUT2D eigenvalue weighted by molar-refractivity contribution is 5.77. The van der Waals surface area contributed by atoms with Gasteiger partial charge in [0, 0.05) is 24.9 Å². The Morgan fingerprint density at radius 3 is 2.89 bits per heavy atom. The first-order valence-electron chi connectivity index (χ1n) is 7.08. The molecule has 0 aliphatic heterocycles. The summed E-state index contributed by atoms with van der Waals surface area (Å²) in [6, 6.07) is 0. The van der Waals surface area contributed by atoms with Gasteiger partial charge < -0.3 is 11.1 Å². The van der Waals surface area contributed by atoms with E-state index >= 15 is 0 Å². The summed E-state index contributed by atoms with van der Waals surface area (Å²) in [6.07, 6.45) is 9.09. The van der Waals surface area contributed by atoms with E-state index in [9.17, 15) is 4.79 Å². The van der Waals surface area contributed by atoms with Crippen molar-refractivity contribution < 1.29 is 4.79 Å². The van der Waals surface area contributed by atoms with Gasteiger partial charge in [0.05, 0.1) is 0 Å². The Labute approximate surface area is 113 Å². The van der Waals surface area contributed by atoms with Crippen molar-refractivity contribution in [3.8, 4) is 0 Å². The summed E-state index contributed by atoms with van der Waals surface area (Å²) in [6.45, 7) is 0.662. The van der Waals surface area contributed by atoms with Gasteiger partial charge in [-0.3, -0.25) is 9.89 Å². The van der Waals surface area contributed by atoms with E-state index in [4.69, 9.17) is 5.73 Å². The lowest BCUT2D eigenvalue weighted by molar-refractivity contribution is -0.122. The molecule has 6 heteroatoms. The van der Waals surface area contributed by atoms with Gasteiger partial charge in [-0.1, -0.05) is 19.3 Å². The number of nitrogens with one attached hydrogen (secondary N) is 2. The van der Waals surface area contributed by atoms with Crippen molar-refractivity contribution in [1.29, 1.82) is 0 Å². The number of rotatable bonds is 6. The molecule has 0 bridgehead atoms. The van der Waals surface area contributed by atoms with Gasteiger partial charge in [0.25, 0.3) is 0 Å². The van der Waals surface area contributed by atoms with Crippen molar-refractivity contribution >= 4 is 5.91 Å². The Bertz CT molecular complexity index is 384. The van der Waals surface area contributed by atoms with Crippen LogP contribution in [0.4, 0.5) is 0 Å². The molecule has 1 aliphatic carbocycles. The van der Waals surface area contributed by atoms with Crippen molar-refractivity contribution in [3.05, 3.63) is 12.2 Å². The van der Waals surface area contributed by atoms with Crippen molar-refractivity contribution in [2.75, 3.05) is 6.54 Å². The summed E-state index contributed by atoms with van der Waals surface area (Å²) in [5.41, 5.74) is 5.99. The molecule has 0 aromatic carbocycles. The number of aromatic nitrogens is 3. The molecule has 1 fully saturated rings. The number of nitrogens with zero attached hydrogens (tertiary/aromatic N) is 2. The van der Waals surface area contributed by atoms with Crippen LogP contribution >= 0.6 is 0 Å². The number of aromatic amines is 1. The van der Waals surface area contributed by atoms with E-state index in [-0.39, 0.29) is 11.4 Å². The van der Waals surface area contributed by atoms with Crippen LogP contribution in [0.5, 0.6) is 0 Å². The smallest absolute Gasteiger partial charge is 0.221 e. The molecule has 0 unspecified atom stereocenters. The lowest BCUT2D eigenvalue weighted by atomic mass is 9.80. The maximum atomic E-state index is 11.9. The van der Waals surface area contributed by atoms with Crippen LogP contribution in [-0.4, -0.2) is 33.2 Å². The van der Waals surface area contributed by atoms with Crippen molar-refractivity contribution in [2.24, 2.45) is 5.73 Å². The molecule has 1 saturated carbocycles. The van der Waals surface area contributed by atoms with Crippen LogP contribution in [0.3, 0.4) is 0 Å². The molecule has 1 amide bonds. The topological polar surface area (TPSA) is 96.7 Å². The molecular weight excluding hydrogens is 242 g/mol. The molecule has 1 aromatic heterocycles. The minimum atomic E-state index is -0.271. The van der Waals surface area contributed by atoms with E-state index < -0.39 is 0 Å². The second-order valence-corrected chi connectivity index (χ2v) is 5.49. The van der Waals surface area contributed by atoms with Crippen LogP contribution in [0.15, 0.2) is 6.33 Å². The molecule has 0 atom stereocenters. The molecule has 0 spiro atoms. The van der Waals surface area contributed by atoms with Gasteiger partial charge in [-0.05, 0) is 19.3 Å². The standard InChI is InChI=1S/C13H23N5O/c14-13(6-2-1-3-7-13)9-12(19)15-8-4-5-11-16-10-17-18-11/h10H,1-9,14H2,(H,15,19)(H,16,17,18). The zero-order chi connectivity index (χ0) is 13.6. The fourth-order valence-corrected chi connectivity index (χ4v) is 2.65. The molecule has 1 aromatic rings. The maximum Gasteiger partial charge on any atom is 0.221 e. The molecule has 106 valence electrons. The predicted octanol–water partition coefficient (Wildman–Crippen LogP) is 0.905. The fraction of sp³-hybridized carbons (Fsp3) is 0.769. The second kappa shape index (κ2) is 6.65. The Morgan fingerprint density at radius 2 is 2.21 bits per heavy atom. The molecular formula is C13H23N5O. The summed E-state index contributed by atoms with van der Waals surface area (Å²) in [5.74, 6) is 0.929. The summed E-state index contributed by atoms with van der Waals surface area (Å²) in [7, 11) is 0. The van der Waals surface area contributed by atoms with Gasteiger partial charge in [0.15, 0.2) is 0 Å². The number of amides is 1. The minimum absolute atomic E-state index is 0.0713. The summed E-state index contributed by atoms with van der Waals surface area (Å²) in [5, 5.41) is 9.52. The number of hydrogen-bond donors (Lipinski definition) is 3. The summed E-state index contributed by atoms with van der Waals surface area (Å²) in [4.78, 5) is 15.9.